The minimum atomic E-state index is -0.365. The molecule has 0 heterocycles. The fraction of sp³-hybridized carbons (Fsp3) is 0.375. The summed E-state index contributed by atoms with van der Waals surface area (Å²) in [6.07, 6.45) is 10.6. The van der Waals surface area contributed by atoms with Crippen molar-refractivity contribution in [3.05, 3.63) is 89.0 Å². The van der Waals surface area contributed by atoms with E-state index in [2.05, 4.69) is 16.3 Å². The minimum absolute atomic E-state index is 0.0851. The molecule has 0 bridgehead atoms. The van der Waals surface area contributed by atoms with E-state index in [1.54, 1.807) is 37.3 Å². The largest absolute Gasteiger partial charge is 0.489 e. The third-order valence-corrected chi connectivity index (χ3v) is 6.69. The highest BCUT2D eigenvalue weighted by atomic mass is 16.6. The quantitative estimate of drug-likeness (QED) is 0.229. The Morgan fingerprint density at radius 2 is 1.66 bits per heavy atom. The van der Waals surface area contributed by atoms with Crippen molar-refractivity contribution in [3.63, 3.8) is 0 Å². The van der Waals surface area contributed by atoms with E-state index < -0.39 is 0 Å². The molecule has 0 unspecified atom stereocenters. The zero-order valence-corrected chi connectivity index (χ0v) is 23.5. The van der Waals surface area contributed by atoms with Gasteiger partial charge in [-0.1, -0.05) is 12.1 Å². The molecule has 0 spiro atoms. The summed E-state index contributed by atoms with van der Waals surface area (Å²) in [5.41, 5.74) is 8.57. The van der Waals surface area contributed by atoms with Gasteiger partial charge in [-0.2, -0.15) is 0 Å². The first-order valence-electron chi connectivity index (χ1n) is 14.0. The second-order valence-electron chi connectivity index (χ2n) is 9.86. The highest BCUT2D eigenvalue weighted by molar-refractivity contribution is 5.95. The van der Waals surface area contributed by atoms with Crippen LogP contribution in [0.2, 0.25) is 0 Å². The van der Waals surface area contributed by atoms with Crippen LogP contribution in [0.15, 0.2) is 77.5 Å². The normalized spacial score (nSPS) is 19.6. The smallest absolute Gasteiger partial charge is 0.338 e. The van der Waals surface area contributed by atoms with Gasteiger partial charge in [0.2, 0.25) is 0 Å². The van der Waals surface area contributed by atoms with Crippen molar-refractivity contribution in [2.75, 3.05) is 13.2 Å². The maximum absolute atomic E-state index is 13.2. The fourth-order valence-electron chi connectivity index (χ4n) is 4.48. The molecule has 2 aromatic rings. The zero-order valence-electron chi connectivity index (χ0n) is 23.5. The summed E-state index contributed by atoms with van der Waals surface area (Å²) in [6, 6.07) is 12.5. The summed E-state index contributed by atoms with van der Waals surface area (Å²) < 4.78 is 17.3. The molecule has 2 aromatic carbocycles. The van der Waals surface area contributed by atoms with Crippen LogP contribution in [0.1, 0.15) is 65.8 Å². The van der Waals surface area contributed by atoms with Crippen molar-refractivity contribution in [1.29, 1.82) is 0 Å². The van der Waals surface area contributed by atoms with Gasteiger partial charge in [0, 0.05) is 35.2 Å². The number of hydrogen-bond acceptors (Lipinski definition) is 8. The summed E-state index contributed by atoms with van der Waals surface area (Å²) in [4.78, 5) is 30.1. The molecule has 216 valence electrons. The summed E-state index contributed by atoms with van der Waals surface area (Å²) >= 11 is 0. The van der Waals surface area contributed by atoms with Crippen LogP contribution in [0.5, 0.6) is 11.5 Å². The van der Waals surface area contributed by atoms with E-state index >= 15 is 0 Å². The first-order valence-corrected chi connectivity index (χ1v) is 14.0. The summed E-state index contributed by atoms with van der Waals surface area (Å²) in [6.45, 7) is 4.65. The van der Waals surface area contributed by atoms with E-state index in [0.717, 1.165) is 36.8 Å². The van der Waals surface area contributed by atoms with Gasteiger partial charge in [0.25, 0.3) is 5.91 Å². The van der Waals surface area contributed by atoms with Gasteiger partial charge in [0.1, 0.15) is 30.8 Å². The lowest BCUT2D eigenvalue weighted by atomic mass is 9.91. The molecule has 0 atom stereocenters. The molecule has 9 nitrogen and oxygen atoms in total. The predicted molar refractivity (Wildman–Crippen MR) is 156 cm³/mol. The van der Waals surface area contributed by atoms with E-state index in [9.17, 15) is 9.59 Å². The molecular formula is C32H37N3O6. The van der Waals surface area contributed by atoms with E-state index in [1.807, 2.05) is 43.4 Å². The van der Waals surface area contributed by atoms with Crippen LogP contribution < -0.4 is 20.5 Å². The maximum atomic E-state index is 13.2. The number of nitrogens with one attached hydrogen (secondary N) is 1. The number of hydrogen-bond donors (Lipinski definition) is 2. The van der Waals surface area contributed by atoms with Crippen molar-refractivity contribution in [1.82, 2.24) is 5.32 Å². The number of nitrogens with two attached hydrogens (primary N) is 1. The molecular weight excluding hydrogens is 522 g/mol. The lowest BCUT2D eigenvalue weighted by Crippen LogP contribution is -2.40. The molecule has 9 heteroatoms. The predicted octanol–water partition coefficient (Wildman–Crippen LogP) is 4.86. The first kappa shape index (κ1) is 29.6. The Morgan fingerprint density at radius 3 is 2.34 bits per heavy atom. The number of carbonyl (C=O) groups excluding carboxylic acids is 2. The summed E-state index contributed by atoms with van der Waals surface area (Å²) in [5, 5.41) is 6.90. The second-order valence-corrected chi connectivity index (χ2v) is 9.86. The molecule has 2 aliphatic carbocycles. The Kier molecular flexibility index (Phi) is 10.8. The van der Waals surface area contributed by atoms with Crippen molar-refractivity contribution >= 4 is 17.7 Å². The molecule has 0 radical (unpaired) electrons. The monoisotopic (exact) mass is 559 g/mol. The van der Waals surface area contributed by atoms with Crippen molar-refractivity contribution in [2.45, 2.75) is 64.3 Å². The number of rotatable bonds is 11. The average molecular weight is 560 g/mol. The Balaban J connectivity index is 1.48. The average Bonchev–Trinajstić information content (AvgIpc) is 2.98. The van der Waals surface area contributed by atoms with Gasteiger partial charge in [-0.3, -0.25) is 4.79 Å². The number of carbonyl (C=O) groups is 2. The van der Waals surface area contributed by atoms with Crippen molar-refractivity contribution < 1.29 is 28.6 Å². The van der Waals surface area contributed by atoms with Crippen molar-refractivity contribution in [3.8, 4) is 11.5 Å². The highest BCUT2D eigenvalue weighted by Crippen LogP contribution is 2.27. The molecule has 0 saturated heterocycles. The number of amides is 1. The Morgan fingerprint density at radius 1 is 0.951 bits per heavy atom. The van der Waals surface area contributed by atoms with Crippen LogP contribution in [0, 0.1) is 0 Å². The molecule has 1 saturated carbocycles. The van der Waals surface area contributed by atoms with Gasteiger partial charge in [0.05, 0.1) is 12.2 Å². The first-order chi connectivity index (χ1) is 19.9. The Hall–Kier alpha value is -4.33. The van der Waals surface area contributed by atoms with Gasteiger partial charge < -0.3 is 30.1 Å². The third-order valence-electron chi connectivity index (χ3n) is 6.69. The Bertz CT molecular complexity index is 1300. The third kappa shape index (κ3) is 9.10. The van der Waals surface area contributed by atoms with Gasteiger partial charge in [-0.05, 0) is 98.8 Å². The second kappa shape index (κ2) is 14.9. The summed E-state index contributed by atoms with van der Waals surface area (Å²) in [7, 11) is 0. The van der Waals surface area contributed by atoms with Crippen LogP contribution in [-0.4, -0.2) is 49.1 Å². The standard InChI is InChI=1S/C32H37N3O6/c1-3-38-32(37)24-9-5-23(6-10-24)21-39-29-17-25(31(36)35-27-13-11-26(33)12-14-27)18-30(19-29)41-28-15-7-22(8-16-28)20-34-40-4-2/h5-10,15-19,26-28H,3-4,11-14,21,33H2,1-2H3,(H,35,36). The van der Waals surface area contributed by atoms with Gasteiger partial charge >= 0.3 is 5.97 Å². The van der Waals surface area contributed by atoms with Crippen LogP contribution in [0.25, 0.3) is 0 Å². The molecule has 3 N–H and O–H groups in total. The number of esters is 1. The van der Waals surface area contributed by atoms with Crippen LogP contribution >= 0.6 is 0 Å². The van der Waals surface area contributed by atoms with Crippen LogP contribution in [0.3, 0.4) is 0 Å². The van der Waals surface area contributed by atoms with Gasteiger partial charge in [0.15, 0.2) is 0 Å². The zero-order chi connectivity index (χ0) is 29.0. The van der Waals surface area contributed by atoms with Crippen molar-refractivity contribution in [2.24, 2.45) is 10.9 Å². The van der Waals surface area contributed by atoms with Crippen LogP contribution in [-0.2, 0) is 16.2 Å². The maximum Gasteiger partial charge on any atom is 0.338 e. The topological polar surface area (TPSA) is 121 Å². The van der Waals surface area contributed by atoms with E-state index in [-0.39, 0.29) is 36.7 Å². The SMILES string of the molecule is CCON=C=C1C=CC(Oc2cc(OCc3ccc(C(=O)OCC)cc3)cc(C(=O)NC3CCC(N)CC3)c2)C=C1. The lowest BCUT2D eigenvalue weighted by molar-refractivity contribution is 0.0526. The number of allylic oxidation sites excluding steroid dienone is 3. The highest BCUT2D eigenvalue weighted by Gasteiger charge is 2.21. The number of benzene rings is 2. The molecule has 2 aliphatic rings. The van der Waals surface area contributed by atoms with Gasteiger partial charge in [-0.15, -0.1) is 0 Å². The number of ether oxygens (including phenoxy) is 3. The molecule has 1 amide bonds. The Labute approximate surface area is 240 Å². The lowest BCUT2D eigenvalue weighted by Gasteiger charge is -2.27. The van der Waals surface area contributed by atoms with E-state index in [1.165, 1.54) is 0 Å². The summed E-state index contributed by atoms with van der Waals surface area (Å²) in [5.74, 6) is 3.24. The van der Waals surface area contributed by atoms with E-state index in [4.69, 9.17) is 24.8 Å². The molecule has 0 aliphatic heterocycles. The molecule has 1 fully saturated rings. The fourth-order valence-corrected chi connectivity index (χ4v) is 4.48. The number of nitrogens with zero attached hydrogens (tertiary/aromatic N) is 1. The van der Waals surface area contributed by atoms with Crippen LogP contribution in [0.4, 0.5) is 0 Å². The van der Waals surface area contributed by atoms with E-state index in [0.29, 0.717) is 35.8 Å². The molecule has 41 heavy (non-hydrogen) atoms. The minimum Gasteiger partial charge on any atom is -0.489 e. The molecule has 4 rings (SSSR count). The molecule has 0 aromatic heterocycles. The van der Waals surface area contributed by atoms with Gasteiger partial charge in [-0.25, -0.2) is 4.79 Å².